The van der Waals surface area contributed by atoms with E-state index in [2.05, 4.69) is 27.3 Å². The lowest BCUT2D eigenvalue weighted by Crippen LogP contribution is -2.51. The topological polar surface area (TPSA) is 83.3 Å². The minimum Gasteiger partial charge on any atom is -0.388 e. The second kappa shape index (κ2) is 8.27. The van der Waals surface area contributed by atoms with Crippen molar-refractivity contribution in [2.75, 3.05) is 13.1 Å². The van der Waals surface area contributed by atoms with Gasteiger partial charge in [0.1, 0.15) is 12.4 Å². The number of hydrogen-bond donors (Lipinski definition) is 2. The average molecular weight is 349 g/mol. The highest BCUT2D eigenvalue weighted by Crippen LogP contribution is 2.28. The van der Waals surface area contributed by atoms with Crippen LogP contribution in [0.4, 0.5) is 0 Å². The number of hydrogen-bond acceptors (Lipinski definition) is 5. The lowest BCUT2D eigenvalue weighted by atomic mass is 9.94. The van der Waals surface area contributed by atoms with Gasteiger partial charge >= 0.3 is 0 Å². The zero-order valence-corrected chi connectivity index (χ0v) is 15.4. The van der Waals surface area contributed by atoms with Crippen molar-refractivity contribution in [3.05, 3.63) is 11.6 Å². The summed E-state index contributed by atoms with van der Waals surface area (Å²) in [5, 5.41) is 20.8. The van der Waals surface area contributed by atoms with Gasteiger partial charge in [-0.1, -0.05) is 19.8 Å². The van der Waals surface area contributed by atoms with E-state index < -0.39 is 0 Å². The van der Waals surface area contributed by atoms with Crippen LogP contribution in [0, 0.1) is 0 Å². The molecule has 0 aromatic carbocycles. The third kappa shape index (κ3) is 4.03. The van der Waals surface area contributed by atoms with Crippen LogP contribution in [0.25, 0.3) is 0 Å². The molecule has 7 nitrogen and oxygen atoms in total. The quantitative estimate of drug-likeness (QED) is 0.809. The third-order valence-electron chi connectivity index (χ3n) is 5.87. The van der Waals surface area contributed by atoms with Crippen LogP contribution >= 0.6 is 0 Å². The van der Waals surface area contributed by atoms with Crippen LogP contribution in [0.15, 0.2) is 0 Å². The molecule has 25 heavy (non-hydrogen) atoms. The monoisotopic (exact) mass is 349 g/mol. The number of carbonyl (C=O) groups excluding carboxylic acids is 1. The Balaban J connectivity index is 1.56. The fourth-order valence-corrected chi connectivity index (χ4v) is 4.31. The number of nitrogens with zero attached hydrogens (tertiary/aromatic N) is 4. The summed E-state index contributed by atoms with van der Waals surface area (Å²) in [6, 6.07) is 0.365. The predicted molar refractivity (Wildman–Crippen MR) is 95.0 cm³/mol. The van der Waals surface area contributed by atoms with Crippen molar-refractivity contribution in [2.24, 2.45) is 7.05 Å². The maximum absolute atomic E-state index is 12.7. The van der Waals surface area contributed by atoms with E-state index in [1.54, 1.807) is 0 Å². The van der Waals surface area contributed by atoms with Crippen molar-refractivity contribution in [3.63, 3.8) is 0 Å². The van der Waals surface area contributed by atoms with E-state index in [0.717, 1.165) is 51.0 Å². The number of rotatable bonds is 6. The fraction of sp³-hybridized carbons (Fsp3) is 0.833. The van der Waals surface area contributed by atoms with Gasteiger partial charge in [-0.2, -0.15) is 0 Å². The van der Waals surface area contributed by atoms with Crippen LogP contribution < -0.4 is 5.32 Å². The first kappa shape index (κ1) is 18.3. The number of aliphatic hydroxyl groups is 1. The molecule has 7 heteroatoms. The molecule has 0 spiro atoms. The van der Waals surface area contributed by atoms with Crippen molar-refractivity contribution in [1.29, 1.82) is 0 Å². The minimum atomic E-state index is -0.0818. The molecule has 1 aliphatic carbocycles. The van der Waals surface area contributed by atoms with E-state index in [1.807, 2.05) is 11.6 Å². The Morgan fingerprint density at radius 3 is 2.48 bits per heavy atom. The Kier molecular flexibility index (Phi) is 6.06. The predicted octanol–water partition coefficient (Wildman–Crippen LogP) is 1.32. The third-order valence-corrected chi connectivity index (χ3v) is 5.87. The molecular weight excluding hydrogens is 318 g/mol. The number of amides is 1. The van der Waals surface area contributed by atoms with Gasteiger partial charge in [0.05, 0.1) is 6.04 Å². The van der Waals surface area contributed by atoms with Crippen LogP contribution in [0.1, 0.15) is 69.4 Å². The summed E-state index contributed by atoms with van der Waals surface area (Å²) < 4.78 is 1.91. The Morgan fingerprint density at radius 2 is 1.92 bits per heavy atom. The van der Waals surface area contributed by atoms with Gasteiger partial charge in [0, 0.05) is 19.0 Å². The SMILES string of the molecule is CC[C@H](C(=O)NC1CCCC1)N1CCC(c2nnc(CO)n2C)CC1. The molecule has 2 fully saturated rings. The first-order chi connectivity index (χ1) is 12.1. The molecule has 2 aliphatic rings. The molecule has 1 aromatic heterocycles. The number of aliphatic hydroxyl groups excluding tert-OH is 1. The number of aromatic nitrogens is 3. The maximum atomic E-state index is 12.7. The van der Waals surface area contributed by atoms with Gasteiger partial charge in [-0.05, 0) is 45.2 Å². The van der Waals surface area contributed by atoms with Crippen molar-refractivity contribution in [3.8, 4) is 0 Å². The van der Waals surface area contributed by atoms with Crippen LogP contribution in [0.5, 0.6) is 0 Å². The van der Waals surface area contributed by atoms with Crippen LogP contribution in [-0.4, -0.2) is 55.9 Å². The van der Waals surface area contributed by atoms with Crippen LogP contribution in [-0.2, 0) is 18.4 Å². The van der Waals surface area contributed by atoms with E-state index >= 15 is 0 Å². The summed E-state index contributed by atoms with van der Waals surface area (Å²) in [4.78, 5) is 15.0. The Bertz CT molecular complexity index is 574. The van der Waals surface area contributed by atoms with E-state index in [4.69, 9.17) is 0 Å². The van der Waals surface area contributed by atoms with Gasteiger partial charge in [0.25, 0.3) is 0 Å². The highest BCUT2D eigenvalue weighted by molar-refractivity contribution is 5.82. The molecule has 1 aliphatic heterocycles. The zero-order chi connectivity index (χ0) is 17.8. The van der Waals surface area contributed by atoms with E-state index in [0.29, 0.717) is 17.8 Å². The molecule has 1 saturated carbocycles. The van der Waals surface area contributed by atoms with Gasteiger partial charge in [0.2, 0.25) is 5.91 Å². The molecule has 0 bridgehead atoms. The van der Waals surface area contributed by atoms with Gasteiger partial charge in [-0.25, -0.2) is 0 Å². The number of carbonyl (C=O) groups is 1. The Hall–Kier alpha value is -1.47. The van der Waals surface area contributed by atoms with E-state index in [9.17, 15) is 9.90 Å². The summed E-state index contributed by atoms with van der Waals surface area (Å²) in [6.07, 6.45) is 7.53. The molecule has 1 aromatic rings. The average Bonchev–Trinajstić information content (AvgIpc) is 3.25. The summed E-state index contributed by atoms with van der Waals surface area (Å²) in [7, 11) is 1.91. The molecule has 2 heterocycles. The normalized spacial score (nSPS) is 21.6. The smallest absolute Gasteiger partial charge is 0.237 e. The molecule has 3 rings (SSSR count). The molecule has 1 amide bonds. The van der Waals surface area contributed by atoms with E-state index in [1.165, 1.54) is 12.8 Å². The maximum Gasteiger partial charge on any atom is 0.237 e. The molecular formula is C18H31N5O2. The summed E-state index contributed by atoms with van der Waals surface area (Å²) >= 11 is 0. The van der Waals surface area contributed by atoms with Crippen molar-refractivity contribution >= 4 is 5.91 Å². The van der Waals surface area contributed by atoms with Gasteiger partial charge in [-0.15, -0.1) is 10.2 Å². The summed E-state index contributed by atoms with van der Waals surface area (Å²) in [6.45, 7) is 3.83. The highest BCUT2D eigenvalue weighted by atomic mass is 16.3. The summed E-state index contributed by atoms with van der Waals surface area (Å²) in [5.74, 6) is 2.12. The Morgan fingerprint density at radius 1 is 1.24 bits per heavy atom. The standard InChI is InChI=1S/C18H31N5O2/c1-3-15(18(25)19-14-6-4-5-7-14)23-10-8-13(9-11-23)17-21-20-16(12-24)22(17)2/h13-15,24H,3-12H2,1-2H3,(H,19,25)/t15-/m1/s1. The minimum absolute atomic E-state index is 0.0194. The molecule has 0 radical (unpaired) electrons. The first-order valence-corrected chi connectivity index (χ1v) is 9.67. The lowest BCUT2D eigenvalue weighted by Gasteiger charge is -2.36. The van der Waals surface area contributed by atoms with Crippen molar-refractivity contribution in [2.45, 2.75) is 76.5 Å². The second-order valence-corrected chi connectivity index (χ2v) is 7.42. The lowest BCUT2D eigenvalue weighted by molar-refractivity contribution is -0.127. The molecule has 1 atom stereocenters. The van der Waals surface area contributed by atoms with Crippen molar-refractivity contribution in [1.82, 2.24) is 25.0 Å². The van der Waals surface area contributed by atoms with Crippen LogP contribution in [0.2, 0.25) is 0 Å². The number of likely N-dealkylation sites (tertiary alicyclic amines) is 1. The van der Waals surface area contributed by atoms with Crippen LogP contribution in [0.3, 0.4) is 0 Å². The van der Waals surface area contributed by atoms with Gasteiger partial charge < -0.3 is 15.0 Å². The molecule has 1 saturated heterocycles. The van der Waals surface area contributed by atoms with E-state index in [-0.39, 0.29) is 18.6 Å². The molecule has 2 N–H and O–H groups in total. The molecule has 0 unspecified atom stereocenters. The zero-order valence-electron chi connectivity index (χ0n) is 15.4. The summed E-state index contributed by atoms with van der Waals surface area (Å²) in [5.41, 5.74) is 0. The Labute approximate surface area is 149 Å². The molecule has 140 valence electrons. The van der Waals surface area contributed by atoms with Gasteiger partial charge in [0.15, 0.2) is 5.82 Å². The number of piperidine rings is 1. The largest absolute Gasteiger partial charge is 0.388 e. The highest BCUT2D eigenvalue weighted by Gasteiger charge is 2.32. The first-order valence-electron chi connectivity index (χ1n) is 9.67. The fourth-order valence-electron chi connectivity index (χ4n) is 4.31. The van der Waals surface area contributed by atoms with Gasteiger partial charge in [-0.3, -0.25) is 9.69 Å². The number of nitrogens with one attached hydrogen (secondary N) is 1. The van der Waals surface area contributed by atoms with Crippen molar-refractivity contribution < 1.29 is 9.90 Å². The second-order valence-electron chi connectivity index (χ2n) is 7.42.